The maximum absolute atomic E-state index is 13.6. The summed E-state index contributed by atoms with van der Waals surface area (Å²) >= 11 is 12.3. The summed E-state index contributed by atoms with van der Waals surface area (Å²) in [6.45, 7) is 0.0658. The Morgan fingerprint density at radius 1 is 1.00 bits per heavy atom. The molecule has 0 aliphatic rings. The molecule has 0 N–H and O–H groups in total. The van der Waals surface area contributed by atoms with Crippen molar-refractivity contribution in [2.24, 2.45) is 5.10 Å². The van der Waals surface area contributed by atoms with E-state index in [1.807, 2.05) is 24.3 Å². The number of nitro benzene ring substituents is 1. The van der Waals surface area contributed by atoms with Crippen molar-refractivity contribution >= 4 is 57.0 Å². The van der Waals surface area contributed by atoms with Crippen LogP contribution >= 0.6 is 23.2 Å². The molecule has 0 bridgehead atoms. The smallest absolute Gasteiger partial charge is 0.282 e. The third kappa shape index (κ3) is 5.28. The van der Waals surface area contributed by atoms with Crippen LogP contribution in [0.1, 0.15) is 11.1 Å². The number of para-hydroxylation sites is 2. The van der Waals surface area contributed by atoms with Gasteiger partial charge in [0.25, 0.3) is 11.2 Å². The highest BCUT2D eigenvalue weighted by Gasteiger charge is 2.17. The van der Waals surface area contributed by atoms with E-state index in [0.717, 1.165) is 10.1 Å². The lowest BCUT2D eigenvalue weighted by Crippen LogP contribution is -2.20. The van der Waals surface area contributed by atoms with Crippen molar-refractivity contribution in [3.05, 3.63) is 133 Å². The lowest BCUT2D eigenvalue weighted by atomic mass is 10.2. The summed E-state index contributed by atoms with van der Waals surface area (Å²) in [5.41, 5.74) is 1.40. The molecule has 11 heteroatoms. The second-order valence-corrected chi connectivity index (χ2v) is 9.81. The van der Waals surface area contributed by atoms with Gasteiger partial charge in [-0.3, -0.25) is 14.9 Å². The number of nitrogens with zero attached hydrogens (tertiary/aromatic N) is 4. The van der Waals surface area contributed by atoms with E-state index >= 15 is 0 Å². The van der Waals surface area contributed by atoms with Crippen LogP contribution in [0.15, 0.2) is 105 Å². The monoisotopic (exact) mass is 584 g/mol. The standard InChI is InChI=1S/C30H18Cl2N4O5/c31-21-10-9-19(24(32)15-21)17-40-26-12-11-22(36(38)39)13-20(26)16-33-35-29(28-14-18-5-1-4-8-27(18)41-28)34-25-7-3-2-6-23(25)30(35)37/h1-16H,17H2. The van der Waals surface area contributed by atoms with Crippen LogP contribution in [-0.4, -0.2) is 20.8 Å². The first kappa shape index (κ1) is 26.2. The highest BCUT2D eigenvalue weighted by molar-refractivity contribution is 6.35. The zero-order chi connectivity index (χ0) is 28.5. The Hall–Kier alpha value is -4.99. The van der Waals surface area contributed by atoms with Crippen LogP contribution in [0.5, 0.6) is 5.75 Å². The molecular weight excluding hydrogens is 567 g/mol. The van der Waals surface area contributed by atoms with E-state index in [1.165, 1.54) is 24.4 Å². The summed E-state index contributed by atoms with van der Waals surface area (Å²) in [6.07, 6.45) is 1.32. The maximum atomic E-state index is 13.6. The molecule has 0 saturated heterocycles. The normalized spacial score (nSPS) is 11.5. The number of rotatable bonds is 7. The van der Waals surface area contributed by atoms with E-state index in [4.69, 9.17) is 32.4 Å². The Morgan fingerprint density at radius 3 is 2.61 bits per heavy atom. The minimum Gasteiger partial charge on any atom is -0.488 e. The summed E-state index contributed by atoms with van der Waals surface area (Å²) in [5, 5.41) is 18.0. The van der Waals surface area contributed by atoms with Crippen LogP contribution in [0.4, 0.5) is 5.69 Å². The SMILES string of the molecule is O=c1c2ccccc2nc(-c2cc3ccccc3o2)n1N=Cc1cc([N+](=O)[O-])ccc1OCc1ccc(Cl)cc1Cl. The summed E-state index contributed by atoms with van der Waals surface area (Å²) < 4.78 is 13.1. The number of hydrogen-bond donors (Lipinski definition) is 0. The minimum atomic E-state index is -0.527. The molecule has 6 aromatic rings. The number of fused-ring (bicyclic) bond motifs is 2. The van der Waals surface area contributed by atoms with Gasteiger partial charge >= 0.3 is 0 Å². The number of furan rings is 1. The van der Waals surface area contributed by atoms with Gasteiger partial charge in [-0.05, 0) is 42.5 Å². The van der Waals surface area contributed by atoms with Crippen molar-refractivity contribution in [3.8, 4) is 17.3 Å². The van der Waals surface area contributed by atoms with Crippen molar-refractivity contribution in [1.29, 1.82) is 0 Å². The van der Waals surface area contributed by atoms with Gasteiger partial charge < -0.3 is 9.15 Å². The van der Waals surface area contributed by atoms with Crippen molar-refractivity contribution < 1.29 is 14.1 Å². The number of ether oxygens (including phenoxy) is 1. The molecular formula is C30H18Cl2N4O5. The number of hydrogen-bond acceptors (Lipinski definition) is 7. The largest absolute Gasteiger partial charge is 0.488 e. The second kappa shape index (κ2) is 10.9. The molecule has 0 aliphatic carbocycles. The molecule has 0 spiro atoms. The third-order valence-electron chi connectivity index (χ3n) is 6.31. The highest BCUT2D eigenvalue weighted by atomic mass is 35.5. The number of benzene rings is 4. The van der Waals surface area contributed by atoms with E-state index in [1.54, 1.807) is 48.5 Å². The molecule has 9 nitrogen and oxygen atoms in total. The molecule has 0 fully saturated rings. The molecule has 2 aromatic heterocycles. The van der Waals surface area contributed by atoms with Gasteiger partial charge in [-0.2, -0.15) is 9.78 Å². The van der Waals surface area contributed by atoms with Crippen LogP contribution in [0.25, 0.3) is 33.5 Å². The Kier molecular flexibility index (Phi) is 6.96. The van der Waals surface area contributed by atoms with Crippen molar-refractivity contribution in [2.45, 2.75) is 6.61 Å². The fourth-order valence-electron chi connectivity index (χ4n) is 4.28. The first-order valence-electron chi connectivity index (χ1n) is 12.3. The number of non-ortho nitro benzene ring substituents is 1. The minimum absolute atomic E-state index is 0.0658. The molecule has 2 heterocycles. The Morgan fingerprint density at radius 2 is 1.80 bits per heavy atom. The van der Waals surface area contributed by atoms with Gasteiger partial charge in [0.1, 0.15) is 17.9 Å². The average Bonchev–Trinajstić information content (AvgIpc) is 3.41. The van der Waals surface area contributed by atoms with Gasteiger partial charge in [0.15, 0.2) is 5.76 Å². The zero-order valence-electron chi connectivity index (χ0n) is 21.0. The number of halogens is 2. The molecule has 0 aliphatic heterocycles. The van der Waals surface area contributed by atoms with Crippen molar-refractivity contribution in [2.75, 3.05) is 0 Å². The fraction of sp³-hybridized carbons (Fsp3) is 0.0333. The summed E-state index contributed by atoms with van der Waals surface area (Å²) in [5.74, 6) is 0.790. The molecule has 0 unspecified atom stereocenters. The zero-order valence-corrected chi connectivity index (χ0v) is 22.5. The molecule has 41 heavy (non-hydrogen) atoms. The van der Waals surface area contributed by atoms with E-state index in [9.17, 15) is 14.9 Å². The lowest BCUT2D eigenvalue weighted by molar-refractivity contribution is -0.384. The number of aromatic nitrogens is 2. The third-order valence-corrected chi connectivity index (χ3v) is 6.90. The van der Waals surface area contributed by atoms with Crippen LogP contribution < -0.4 is 10.3 Å². The van der Waals surface area contributed by atoms with Crippen LogP contribution in [0, 0.1) is 10.1 Å². The van der Waals surface area contributed by atoms with Crippen LogP contribution in [-0.2, 0) is 6.61 Å². The molecule has 202 valence electrons. The number of nitro groups is 1. The van der Waals surface area contributed by atoms with Crippen LogP contribution in [0.2, 0.25) is 10.0 Å². The van der Waals surface area contributed by atoms with Gasteiger partial charge in [-0.1, -0.05) is 59.6 Å². The predicted molar refractivity (Wildman–Crippen MR) is 158 cm³/mol. The Balaban J connectivity index is 1.46. The Labute approximate surface area is 242 Å². The molecule has 0 atom stereocenters. The van der Waals surface area contributed by atoms with Crippen molar-refractivity contribution in [1.82, 2.24) is 9.66 Å². The second-order valence-electron chi connectivity index (χ2n) is 8.97. The Bertz CT molecular complexity index is 2020. The van der Waals surface area contributed by atoms with Crippen LogP contribution in [0.3, 0.4) is 0 Å². The molecule has 0 saturated carbocycles. The highest BCUT2D eigenvalue weighted by Crippen LogP contribution is 2.29. The van der Waals surface area contributed by atoms with Gasteiger partial charge in [-0.25, -0.2) is 4.98 Å². The van der Waals surface area contributed by atoms with E-state index in [2.05, 4.69) is 10.1 Å². The first-order chi connectivity index (χ1) is 19.9. The molecule has 0 amide bonds. The van der Waals surface area contributed by atoms with Gasteiger partial charge in [0.2, 0.25) is 5.82 Å². The predicted octanol–water partition coefficient (Wildman–Crippen LogP) is 7.49. The van der Waals surface area contributed by atoms with Crippen molar-refractivity contribution in [3.63, 3.8) is 0 Å². The molecule has 4 aromatic carbocycles. The molecule has 6 rings (SSSR count). The van der Waals surface area contributed by atoms with E-state index in [0.29, 0.717) is 37.9 Å². The van der Waals surface area contributed by atoms with E-state index < -0.39 is 10.5 Å². The van der Waals surface area contributed by atoms with Gasteiger partial charge in [-0.15, -0.1) is 0 Å². The quantitative estimate of drug-likeness (QED) is 0.109. The average molecular weight is 585 g/mol. The first-order valence-corrected chi connectivity index (χ1v) is 13.0. The fourth-order valence-corrected chi connectivity index (χ4v) is 4.74. The van der Waals surface area contributed by atoms with Gasteiger partial charge in [0, 0.05) is 38.7 Å². The van der Waals surface area contributed by atoms with Gasteiger partial charge in [0.05, 0.1) is 22.0 Å². The lowest BCUT2D eigenvalue weighted by Gasteiger charge is -2.11. The maximum Gasteiger partial charge on any atom is 0.282 e. The molecule has 0 radical (unpaired) electrons. The topological polar surface area (TPSA) is 113 Å². The summed E-state index contributed by atoms with van der Waals surface area (Å²) in [6, 6.07) is 25.2. The summed E-state index contributed by atoms with van der Waals surface area (Å²) in [7, 11) is 0. The summed E-state index contributed by atoms with van der Waals surface area (Å²) in [4.78, 5) is 29.3. The van der Waals surface area contributed by atoms with E-state index in [-0.39, 0.29) is 29.4 Å².